The van der Waals surface area contributed by atoms with Gasteiger partial charge < -0.3 is 14.6 Å². The molecule has 2 heterocycles. The van der Waals surface area contributed by atoms with E-state index in [1.807, 2.05) is 0 Å². The quantitative estimate of drug-likeness (QED) is 0.500. The molecule has 0 unspecified atom stereocenters. The highest BCUT2D eigenvalue weighted by Crippen LogP contribution is 2.42. The number of hydrogen-bond donors (Lipinski definition) is 1. The lowest BCUT2D eigenvalue weighted by atomic mass is 9.98. The number of Topliss-reactive ketones (excluding diaryl/α,β-unsaturated/α-hetero) is 1. The molecule has 2 aromatic rings. The van der Waals surface area contributed by atoms with E-state index >= 15 is 0 Å². The number of rotatable bonds is 3. The van der Waals surface area contributed by atoms with E-state index in [1.54, 1.807) is 43.3 Å². The highest BCUT2D eigenvalue weighted by atomic mass is 16.7. The SMILES string of the molecule is CCC(=O)c1ccc2c(c1)C(=C(O)c1ccc3c(c1)OCO3)C(=O)N2C(C)=O. The molecule has 0 fully saturated rings. The Morgan fingerprint density at radius 3 is 2.50 bits per heavy atom. The second-order valence-corrected chi connectivity index (χ2v) is 6.46. The van der Waals surface area contributed by atoms with E-state index in [1.165, 1.54) is 6.92 Å². The largest absolute Gasteiger partial charge is 0.506 e. The summed E-state index contributed by atoms with van der Waals surface area (Å²) in [6.45, 7) is 3.09. The zero-order chi connectivity index (χ0) is 20.0. The normalized spacial score (nSPS) is 16.2. The summed E-state index contributed by atoms with van der Waals surface area (Å²) < 4.78 is 10.6. The van der Waals surface area contributed by atoms with Gasteiger partial charge in [-0.3, -0.25) is 14.4 Å². The van der Waals surface area contributed by atoms with Gasteiger partial charge in [0.1, 0.15) is 5.76 Å². The summed E-state index contributed by atoms with van der Waals surface area (Å²) in [4.78, 5) is 38.1. The molecule has 2 aromatic carbocycles. The third kappa shape index (κ3) is 2.63. The summed E-state index contributed by atoms with van der Waals surface area (Å²) in [7, 11) is 0. The number of aliphatic hydroxyl groups is 1. The number of nitrogens with zero attached hydrogens (tertiary/aromatic N) is 1. The van der Waals surface area contributed by atoms with Crippen molar-refractivity contribution in [1.82, 2.24) is 0 Å². The summed E-state index contributed by atoms with van der Waals surface area (Å²) >= 11 is 0. The van der Waals surface area contributed by atoms with Gasteiger partial charge in [0.05, 0.1) is 11.3 Å². The first kappa shape index (κ1) is 17.8. The molecular weight excluding hydrogens is 362 g/mol. The molecule has 0 aromatic heterocycles. The fourth-order valence-electron chi connectivity index (χ4n) is 3.37. The highest BCUT2D eigenvalue weighted by molar-refractivity contribution is 6.43. The lowest BCUT2D eigenvalue weighted by Crippen LogP contribution is -2.31. The first-order valence-electron chi connectivity index (χ1n) is 8.78. The molecule has 28 heavy (non-hydrogen) atoms. The second kappa shape index (κ2) is 6.53. The van der Waals surface area contributed by atoms with Crippen LogP contribution >= 0.6 is 0 Å². The van der Waals surface area contributed by atoms with Crippen molar-refractivity contribution in [3.63, 3.8) is 0 Å². The van der Waals surface area contributed by atoms with E-state index in [2.05, 4.69) is 0 Å². The summed E-state index contributed by atoms with van der Waals surface area (Å²) in [6, 6.07) is 9.47. The zero-order valence-electron chi connectivity index (χ0n) is 15.3. The van der Waals surface area contributed by atoms with Gasteiger partial charge in [0.15, 0.2) is 17.3 Å². The van der Waals surface area contributed by atoms with Crippen LogP contribution in [0.3, 0.4) is 0 Å². The molecule has 0 atom stereocenters. The van der Waals surface area contributed by atoms with Crippen LogP contribution in [0, 0.1) is 0 Å². The number of fused-ring (bicyclic) bond motifs is 2. The van der Waals surface area contributed by atoms with Crippen LogP contribution in [0.2, 0.25) is 0 Å². The Morgan fingerprint density at radius 1 is 1.07 bits per heavy atom. The van der Waals surface area contributed by atoms with Crippen LogP contribution in [0.4, 0.5) is 5.69 Å². The fraction of sp³-hybridized carbons (Fsp3) is 0.190. The number of ketones is 1. The number of benzene rings is 2. The third-order valence-electron chi connectivity index (χ3n) is 4.76. The number of amides is 2. The van der Waals surface area contributed by atoms with Crippen molar-refractivity contribution < 1.29 is 29.0 Å². The molecule has 0 spiro atoms. The number of imide groups is 1. The standard InChI is InChI=1S/C21H17NO6/c1-3-16(24)12-4-6-15-14(8-12)19(21(26)22(15)11(2)23)20(25)13-5-7-17-18(9-13)28-10-27-17/h4-9,25H,3,10H2,1-2H3. The van der Waals surface area contributed by atoms with E-state index < -0.39 is 11.8 Å². The lowest BCUT2D eigenvalue weighted by molar-refractivity contribution is -0.122. The third-order valence-corrected chi connectivity index (χ3v) is 4.76. The number of anilines is 1. The summed E-state index contributed by atoms with van der Waals surface area (Å²) in [5, 5.41) is 10.9. The first-order valence-corrected chi connectivity index (χ1v) is 8.78. The lowest BCUT2D eigenvalue weighted by Gasteiger charge is -2.12. The summed E-state index contributed by atoms with van der Waals surface area (Å²) in [6.07, 6.45) is 0.302. The van der Waals surface area contributed by atoms with Crippen molar-refractivity contribution in [3.8, 4) is 11.5 Å². The maximum absolute atomic E-state index is 12.9. The van der Waals surface area contributed by atoms with Gasteiger partial charge in [-0.15, -0.1) is 0 Å². The van der Waals surface area contributed by atoms with Crippen molar-refractivity contribution >= 4 is 34.6 Å². The topological polar surface area (TPSA) is 93.1 Å². The Kier molecular flexibility index (Phi) is 4.15. The highest BCUT2D eigenvalue weighted by Gasteiger charge is 2.38. The first-order chi connectivity index (χ1) is 13.4. The van der Waals surface area contributed by atoms with Gasteiger partial charge in [0, 0.05) is 30.0 Å². The second-order valence-electron chi connectivity index (χ2n) is 6.46. The van der Waals surface area contributed by atoms with E-state index in [4.69, 9.17) is 9.47 Å². The van der Waals surface area contributed by atoms with Gasteiger partial charge in [-0.2, -0.15) is 0 Å². The molecule has 0 bridgehead atoms. The average Bonchev–Trinajstić information content (AvgIpc) is 3.26. The van der Waals surface area contributed by atoms with Gasteiger partial charge in [-0.1, -0.05) is 6.92 Å². The van der Waals surface area contributed by atoms with Gasteiger partial charge in [-0.05, 0) is 36.4 Å². The van der Waals surface area contributed by atoms with Crippen LogP contribution in [0.5, 0.6) is 11.5 Å². The van der Waals surface area contributed by atoms with E-state index in [0.717, 1.165) is 4.90 Å². The molecule has 0 radical (unpaired) electrons. The molecule has 4 rings (SSSR count). The van der Waals surface area contributed by atoms with Gasteiger partial charge in [0.25, 0.3) is 5.91 Å². The van der Waals surface area contributed by atoms with Crippen molar-refractivity contribution in [2.45, 2.75) is 20.3 Å². The maximum Gasteiger partial charge on any atom is 0.269 e. The minimum absolute atomic E-state index is 0.0326. The average molecular weight is 379 g/mol. The fourth-order valence-corrected chi connectivity index (χ4v) is 3.37. The van der Waals surface area contributed by atoms with Crippen molar-refractivity contribution in [1.29, 1.82) is 0 Å². The van der Waals surface area contributed by atoms with Crippen molar-refractivity contribution in [2.75, 3.05) is 11.7 Å². The van der Waals surface area contributed by atoms with Gasteiger partial charge in [0.2, 0.25) is 12.7 Å². The van der Waals surface area contributed by atoms with Crippen LogP contribution in [-0.4, -0.2) is 29.5 Å². The molecule has 0 saturated carbocycles. The molecule has 1 N–H and O–H groups in total. The smallest absolute Gasteiger partial charge is 0.269 e. The number of hydrogen-bond acceptors (Lipinski definition) is 6. The van der Waals surface area contributed by atoms with Crippen molar-refractivity contribution in [2.24, 2.45) is 0 Å². The Hall–Kier alpha value is -3.61. The molecule has 0 saturated heterocycles. The number of aliphatic hydroxyl groups excluding tert-OH is 1. The predicted molar refractivity (Wildman–Crippen MR) is 101 cm³/mol. The van der Waals surface area contributed by atoms with E-state index in [0.29, 0.717) is 40.3 Å². The van der Waals surface area contributed by atoms with Crippen LogP contribution < -0.4 is 14.4 Å². The summed E-state index contributed by atoms with van der Waals surface area (Å²) in [5.41, 5.74) is 1.41. The van der Waals surface area contributed by atoms with Crippen LogP contribution in [0.25, 0.3) is 11.3 Å². The number of carbonyl (C=O) groups is 3. The Balaban J connectivity index is 1.91. The molecule has 0 aliphatic carbocycles. The zero-order valence-corrected chi connectivity index (χ0v) is 15.3. The summed E-state index contributed by atoms with van der Waals surface area (Å²) in [5.74, 6) is -0.518. The number of ether oxygens (including phenoxy) is 2. The molecular formula is C21H17NO6. The van der Waals surface area contributed by atoms with Gasteiger partial charge >= 0.3 is 0 Å². The molecule has 7 heteroatoms. The minimum Gasteiger partial charge on any atom is -0.506 e. The minimum atomic E-state index is -0.640. The number of carbonyl (C=O) groups excluding carboxylic acids is 3. The Morgan fingerprint density at radius 2 is 1.79 bits per heavy atom. The van der Waals surface area contributed by atoms with Crippen LogP contribution in [0.15, 0.2) is 36.4 Å². The van der Waals surface area contributed by atoms with Crippen LogP contribution in [0.1, 0.15) is 41.8 Å². The molecule has 2 aliphatic rings. The monoisotopic (exact) mass is 379 g/mol. The maximum atomic E-state index is 12.9. The van der Waals surface area contributed by atoms with Crippen LogP contribution in [-0.2, 0) is 9.59 Å². The molecule has 7 nitrogen and oxygen atoms in total. The predicted octanol–water partition coefficient (Wildman–Crippen LogP) is 3.33. The molecule has 2 aliphatic heterocycles. The van der Waals surface area contributed by atoms with E-state index in [-0.39, 0.29) is 23.9 Å². The van der Waals surface area contributed by atoms with Crippen molar-refractivity contribution in [3.05, 3.63) is 53.1 Å². The Bertz CT molecular complexity index is 1070. The molecule has 2 amide bonds. The molecule has 142 valence electrons. The van der Waals surface area contributed by atoms with E-state index in [9.17, 15) is 19.5 Å². The van der Waals surface area contributed by atoms with Gasteiger partial charge in [-0.25, -0.2) is 4.90 Å². The Labute approximate surface area is 160 Å².